The number of piperidine rings is 1. The molecule has 1 atom stereocenters. The summed E-state index contributed by atoms with van der Waals surface area (Å²) in [6.45, 7) is 5.92. The third kappa shape index (κ3) is 3.16. The van der Waals surface area contributed by atoms with Crippen molar-refractivity contribution in [3.63, 3.8) is 0 Å². The van der Waals surface area contributed by atoms with Crippen molar-refractivity contribution in [1.82, 2.24) is 19.9 Å². The van der Waals surface area contributed by atoms with Gasteiger partial charge in [-0.05, 0) is 26.7 Å². The zero-order valence-corrected chi connectivity index (χ0v) is 13.4. The van der Waals surface area contributed by atoms with E-state index in [1.54, 1.807) is 6.33 Å². The fourth-order valence-electron chi connectivity index (χ4n) is 2.97. The lowest BCUT2D eigenvalue weighted by Crippen LogP contribution is -2.35. The molecule has 3 rings (SSSR count). The number of hydrogen-bond donors (Lipinski definition) is 1. The summed E-state index contributed by atoms with van der Waals surface area (Å²) in [5, 5.41) is 3.11. The Bertz CT molecular complexity index is 657. The summed E-state index contributed by atoms with van der Waals surface area (Å²) in [4.78, 5) is 19.9. The molecular weight excluding hydrogens is 276 g/mol. The van der Waals surface area contributed by atoms with Crippen LogP contribution in [0.25, 0.3) is 0 Å². The summed E-state index contributed by atoms with van der Waals surface area (Å²) >= 11 is 0. The lowest BCUT2D eigenvalue weighted by molar-refractivity contribution is 0.497. The van der Waals surface area contributed by atoms with Gasteiger partial charge in [-0.15, -0.1) is 0 Å². The van der Waals surface area contributed by atoms with Crippen molar-refractivity contribution < 1.29 is 0 Å². The van der Waals surface area contributed by atoms with Crippen molar-refractivity contribution >= 4 is 11.6 Å². The normalized spacial score (nSPS) is 18.3. The first kappa shape index (κ1) is 14.7. The Morgan fingerprint density at radius 1 is 1.18 bits per heavy atom. The molecule has 0 spiro atoms. The molecule has 1 unspecified atom stereocenters. The van der Waals surface area contributed by atoms with Crippen LogP contribution in [-0.4, -0.2) is 40.1 Å². The lowest BCUT2D eigenvalue weighted by atomic mass is 9.94. The third-order valence-electron chi connectivity index (χ3n) is 4.07. The van der Waals surface area contributed by atoms with E-state index >= 15 is 0 Å². The number of aromatic nitrogens is 4. The van der Waals surface area contributed by atoms with Crippen LogP contribution in [0.15, 0.2) is 18.5 Å². The Kier molecular flexibility index (Phi) is 4.18. The van der Waals surface area contributed by atoms with E-state index in [0.29, 0.717) is 5.92 Å². The minimum Gasteiger partial charge on any atom is -0.373 e. The Hall–Kier alpha value is -2.24. The van der Waals surface area contributed by atoms with E-state index in [0.717, 1.165) is 54.8 Å². The van der Waals surface area contributed by atoms with Crippen LogP contribution in [0.3, 0.4) is 0 Å². The Labute approximate surface area is 131 Å². The molecule has 22 heavy (non-hydrogen) atoms. The highest BCUT2D eigenvalue weighted by Gasteiger charge is 2.24. The van der Waals surface area contributed by atoms with Crippen LogP contribution in [0.1, 0.15) is 36.0 Å². The number of anilines is 2. The molecule has 0 radical (unpaired) electrons. The van der Waals surface area contributed by atoms with Crippen molar-refractivity contribution in [2.24, 2.45) is 0 Å². The van der Waals surface area contributed by atoms with Gasteiger partial charge in [0.2, 0.25) is 0 Å². The van der Waals surface area contributed by atoms with Gasteiger partial charge in [-0.2, -0.15) is 0 Å². The molecule has 0 aliphatic carbocycles. The van der Waals surface area contributed by atoms with Gasteiger partial charge < -0.3 is 10.2 Å². The van der Waals surface area contributed by atoms with Gasteiger partial charge in [0.15, 0.2) is 0 Å². The topological polar surface area (TPSA) is 66.8 Å². The minimum atomic E-state index is 0.415. The van der Waals surface area contributed by atoms with Gasteiger partial charge in [0, 0.05) is 43.9 Å². The van der Waals surface area contributed by atoms with Crippen molar-refractivity contribution in [3.05, 3.63) is 35.7 Å². The molecule has 3 heterocycles. The molecule has 2 aromatic rings. The maximum Gasteiger partial charge on any atom is 0.132 e. The first-order valence-corrected chi connectivity index (χ1v) is 7.72. The van der Waals surface area contributed by atoms with Crippen molar-refractivity contribution in [1.29, 1.82) is 0 Å². The van der Waals surface area contributed by atoms with Crippen LogP contribution in [0.5, 0.6) is 0 Å². The second-order valence-electron chi connectivity index (χ2n) is 5.78. The SMILES string of the molecule is CNc1cc(C2CCCN(c3cc(C)ncn3)C2)nc(C)n1. The first-order chi connectivity index (χ1) is 10.7. The Morgan fingerprint density at radius 2 is 2.05 bits per heavy atom. The highest BCUT2D eigenvalue weighted by atomic mass is 15.2. The fourth-order valence-corrected chi connectivity index (χ4v) is 2.97. The fraction of sp³-hybridized carbons (Fsp3) is 0.500. The molecule has 1 saturated heterocycles. The van der Waals surface area contributed by atoms with Gasteiger partial charge in [0.1, 0.15) is 23.8 Å². The molecule has 0 aromatic carbocycles. The van der Waals surface area contributed by atoms with Gasteiger partial charge in [0.25, 0.3) is 0 Å². The van der Waals surface area contributed by atoms with E-state index in [-0.39, 0.29) is 0 Å². The maximum absolute atomic E-state index is 4.64. The van der Waals surface area contributed by atoms with Crippen LogP contribution in [-0.2, 0) is 0 Å². The van der Waals surface area contributed by atoms with Gasteiger partial charge in [-0.25, -0.2) is 19.9 Å². The maximum atomic E-state index is 4.64. The smallest absolute Gasteiger partial charge is 0.132 e. The van der Waals surface area contributed by atoms with Gasteiger partial charge >= 0.3 is 0 Å². The molecule has 0 amide bonds. The quantitative estimate of drug-likeness (QED) is 0.938. The first-order valence-electron chi connectivity index (χ1n) is 7.72. The molecular formula is C16H22N6. The third-order valence-corrected chi connectivity index (χ3v) is 4.07. The second kappa shape index (κ2) is 6.25. The summed E-state index contributed by atoms with van der Waals surface area (Å²) in [5.41, 5.74) is 2.12. The van der Waals surface area contributed by atoms with Gasteiger partial charge in [-0.3, -0.25) is 0 Å². The number of aryl methyl sites for hydroxylation is 2. The molecule has 0 bridgehead atoms. The summed E-state index contributed by atoms with van der Waals surface area (Å²) in [7, 11) is 1.89. The van der Waals surface area contributed by atoms with E-state index in [9.17, 15) is 0 Å². The van der Waals surface area contributed by atoms with Crippen LogP contribution in [0, 0.1) is 13.8 Å². The summed E-state index contributed by atoms with van der Waals surface area (Å²) in [5.74, 6) is 3.13. The monoisotopic (exact) mass is 298 g/mol. The van der Waals surface area contributed by atoms with E-state index in [4.69, 9.17) is 0 Å². The van der Waals surface area contributed by atoms with E-state index < -0.39 is 0 Å². The summed E-state index contributed by atoms with van der Waals surface area (Å²) in [6.07, 6.45) is 3.94. The molecule has 116 valence electrons. The molecule has 6 nitrogen and oxygen atoms in total. The zero-order valence-electron chi connectivity index (χ0n) is 13.4. The number of nitrogens with zero attached hydrogens (tertiary/aromatic N) is 5. The predicted molar refractivity (Wildman–Crippen MR) is 87.3 cm³/mol. The Morgan fingerprint density at radius 3 is 2.82 bits per heavy atom. The van der Waals surface area contributed by atoms with Crippen LogP contribution in [0.2, 0.25) is 0 Å². The minimum absolute atomic E-state index is 0.415. The second-order valence-corrected chi connectivity index (χ2v) is 5.78. The average molecular weight is 298 g/mol. The van der Waals surface area contributed by atoms with E-state index in [1.807, 2.05) is 27.0 Å². The highest BCUT2D eigenvalue weighted by molar-refractivity contribution is 5.41. The average Bonchev–Trinajstić information content (AvgIpc) is 2.54. The molecule has 2 aromatic heterocycles. The van der Waals surface area contributed by atoms with Crippen molar-refractivity contribution in [3.8, 4) is 0 Å². The van der Waals surface area contributed by atoms with Crippen LogP contribution >= 0.6 is 0 Å². The summed E-state index contributed by atoms with van der Waals surface area (Å²) < 4.78 is 0. The molecule has 1 aliphatic heterocycles. The molecule has 1 fully saturated rings. The number of rotatable bonds is 3. The largest absolute Gasteiger partial charge is 0.373 e. The number of hydrogen-bond acceptors (Lipinski definition) is 6. The molecule has 1 aliphatic rings. The van der Waals surface area contributed by atoms with Gasteiger partial charge in [-0.1, -0.05) is 0 Å². The standard InChI is InChI=1S/C16H22N6/c1-11-7-16(19-10-18-11)22-6-4-5-13(9-22)14-8-15(17-3)21-12(2)20-14/h7-8,10,13H,4-6,9H2,1-3H3,(H,17,20,21). The van der Waals surface area contributed by atoms with Crippen LogP contribution in [0.4, 0.5) is 11.6 Å². The predicted octanol–water partition coefficient (Wildman–Crippen LogP) is 2.31. The van der Waals surface area contributed by atoms with E-state index in [2.05, 4.69) is 36.2 Å². The molecule has 1 N–H and O–H groups in total. The lowest BCUT2D eigenvalue weighted by Gasteiger charge is -2.33. The van der Waals surface area contributed by atoms with E-state index in [1.165, 1.54) is 0 Å². The van der Waals surface area contributed by atoms with Crippen molar-refractivity contribution in [2.45, 2.75) is 32.6 Å². The highest BCUT2D eigenvalue weighted by Crippen LogP contribution is 2.29. The molecule has 6 heteroatoms. The van der Waals surface area contributed by atoms with Crippen LogP contribution < -0.4 is 10.2 Å². The summed E-state index contributed by atoms with van der Waals surface area (Å²) in [6, 6.07) is 4.11. The molecule has 0 saturated carbocycles. The van der Waals surface area contributed by atoms with Gasteiger partial charge in [0.05, 0.1) is 5.69 Å². The number of nitrogens with one attached hydrogen (secondary N) is 1. The Balaban J connectivity index is 1.82. The van der Waals surface area contributed by atoms with Crippen molar-refractivity contribution in [2.75, 3.05) is 30.4 Å². The zero-order chi connectivity index (χ0) is 15.5.